The number of nitrogens with zero attached hydrogens (tertiary/aromatic N) is 2. The third kappa shape index (κ3) is 2.85. The van der Waals surface area contributed by atoms with Crippen LogP contribution in [0.3, 0.4) is 0 Å². The first-order chi connectivity index (χ1) is 8.61. The molecule has 1 aromatic carbocycles. The molecule has 0 spiro atoms. The molecule has 1 aromatic rings. The SMILES string of the molecule is CN1CCN(C(CO)c2cc(F)ccc2F)CC1. The highest BCUT2D eigenvalue weighted by molar-refractivity contribution is 5.22. The van der Waals surface area contributed by atoms with Crippen molar-refractivity contribution in [3.8, 4) is 0 Å². The molecule has 1 atom stereocenters. The Morgan fingerprint density at radius 3 is 2.50 bits per heavy atom. The monoisotopic (exact) mass is 256 g/mol. The van der Waals surface area contributed by atoms with Crippen molar-refractivity contribution in [1.82, 2.24) is 9.80 Å². The summed E-state index contributed by atoms with van der Waals surface area (Å²) < 4.78 is 26.9. The average Bonchev–Trinajstić information content (AvgIpc) is 2.37. The maximum absolute atomic E-state index is 13.7. The van der Waals surface area contributed by atoms with Crippen molar-refractivity contribution in [2.75, 3.05) is 39.8 Å². The number of hydrogen-bond acceptors (Lipinski definition) is 3. The minimum absolute atomic E-state index is 0.204. The van der Waals surface area contributed by atoms with E-state index in [1.54, 1.807) is 0 Å². The van der Waals surface area contributed by atoms with Gasteiger partial charge >= 0.3 is 0 Å². The molecule has 0 saturated carbocycles. The second-order valence-corrected chi connectivity index (χ2v) is 4.70. The predicted molar refractivity (Wildman–Crippen MR) is 65.3 cm³/mol. The van der Waals surface area contributed by atoms with E-state index in [-0.39, 0.29) is 12.2 Å². The second-order valence-electron chi connectivity index (χ2n) is 4.70. The fourth-order valence-electron chi connectivity index (χ4n) is 2.31. The maximum Gasteiger partial charge on any atom is 0.128 e. The molecule has 0 bridgehead atoms. The quantitative estimate of drug-likeness (QED) is 0.881. The molecule has 0 aliphatic carbocycles. The number of halogens is 2. The molecule has 100 valence electrons. The number of aliphatic hydroxyl groups is 1. The minimum atomic E-state index is -0.473. The van der Waals surface area contributed by atoms with E-state index in [2.05, 4.69) is 4.90 Å². The Balaban J connectivity index is 2.19. The van der Waals surface area contributed by atoms with Gasteiger partial charge in [-0.2, -0.15) is 0 Å². The van der Waals surface area contributed by atoms with E-state index < -0.39 is 17.7 Å². The molecule has 3 nitrogen and oxygen atoms in total. The van der Waals surface area contributed by atoms with Crippen LogP contribution in [0, 0.1) is 11.6 Å². The molecule has 1 saturated heterocycles. The van der Waals surface area contributed by atoms with E-state index in [1.807, 2.05) is 11.9 Å². The van der Waals surface area contributed by atoms with Gasteiger partial charge in [0, 0.05) is 31.7 Å². The zero-order valence-electron chi connectivity index (χ0n) is 10.4. The van der Waals surface area contributed by atoms with Gasteiger partial charge in [-0.1, -0.05) is 0 Å². The molecule has 1 heterocycles. The number of benzene rings is 1. The van der Waals surface area contributed by atoms with Crippen LogP contribution in [0.2, 0.25) is 0 Å². The van der Waals surface area contributed by atoms with Crippen molar-refractivity contribution in [3.63, 3.8) is 0 Å². The van der Waals surface area contributed by atoms with Gasteiger partial charge in [-0.15, -0.1) is 0 Å². The maximum atomic E-state index is 13.7. The molecule has 2 rings (SSSR count). The highest BCUT2D eigenvalue weighted by Crippen LogP contribution is 2.24. The van der Waals surface area contributed by atoms with Gasteiger partial charge in [0.15, 0.2) is 0 Å². The van der Waals surface area contributed by atoms with E-state index >= 15 is 0 Å². The number of rotatable bonds is 3. The third-order valence-corrected chi connectivity index (χ3v) is 3.47. The average molecular weight is 256 g/mol. The van der Waals surface area contributed by atoms with E-state index in [0.717, 1.165) is 38.3 Å². The van der Waals surface area contributed by atoms with E-state index in [1.165, 1.54) is 6.07 Å². The largest absolute Gasteiger partial charge is 0.394 e. The molecule has 1 aliphatic rings. The van der Waals surface area contributed by atoms with Crippen LogP contribution in [-0.4, -0.2) is 54.7 Å². The summed E-state index contributed by atoms with van der Waals surface area (Å²) in [6.07, 6.45) is 0. The van der Waals surface area contributed by atoms with Gasteiger partial charge in [-0.25, -0.2) is 8.78 Å². The van der Waals surface area contributed by atoms with Crippen LogP contribution in [-0.2, 0) is 0 Å². The third-order valence-electron chi connectivity index (χ3n) is 3.47. The van der Waals surface area contributed by atoms with Crippen molar-refractivity contribution in [1.29, 1.82) is 0 Å². The molecule has 0 amide bonds. The highest BCUT2D eigenvalue weighted by Gasteiger charge is 2.25. The predicted octanol–water partition coefficient (Wildman–Crippen LogP) is 1.25. The second kappa shape index (κ2) is 5.73. The summed E-state index contributed by atoms with van der Waals surface area (Å²) in [4.78, 5) is 4.17. The number of likely N-dealkylation sites (N-methyl/N-ethyl adjacent to an activating group) is 1. The van der Waals surface area contributed by atoms with Crippen molar-refractivity contribution >= 4 is 0 Å². The summed E-state index contributed by atoms with van der Waals surface area (Å²) in [5, 5.41) is 9.47. The first-order valence-corrected chi connectivity index (χ1v) is 6.10. The summed E-state index contributed by atoms with van der Waals surface area (Å²) >= 11 is 0. The molecule has 1 fully saturated rings. The van der Waals surface area contributed by atoms with Crippen LogP contribution in [0.1, 0.15) is 11.6 Å². The summed E-state index contributed by atoms with van der Waals surface area (Å²) in [7, 11) is 2.02. The first-order valence-electron chi connectivity index (χ1n) is 6.10. The van der Waals surface area contributed by atoms with Crippen molar-refractivity contribution in [2.45, 2.75) is 6.04 Å². The Hall–Kier alpha value is -1.04. The Labute approximate surface area is 106 Å². The van der Waals surface area contributed by atoms with Gasteiger partial charge in [0.25, 0.3) is 0 Å². The van der Waals surface area contributed by atoms with Crippen LogP contribution in [0.5, 0.6) is 0 Å². The summed E-state index contributed by atoms with van der Waals surface area (Å²) in [5.41, 5.74) is 0.238. The number of piperazine rings is 1. The fourth-order valence-corrected chi connectivity index (χ4v) is 2.31. The molecule has 5 heteroatoms. The Morgan fingerprint density at radius 2 is 1.89 bits per heavy atom. The van der Waals surface area contributed by atoms with Crippen LogP contribution < -0.4 is 0 Å². The molecule has 1 N–H and O–H groups in total. The first kappa shape index (κ1) is 13.4. The molecule has 0 aromatic heterocycles. The Kier molecular flexibility index (Phi) is 4.27. The zero-order valence-corrected chi connectivity index (χ0v) is 10.4. The number of aliphatic hydroxyl groups excluding tert-OH is 1. The molecule has 18 heavy (non-hydrogen) atoms. The Bertz CT molecular complexity index is 406. The standard InChI is InChI=1S/C13H18F2N2O/c1-16-4-6-17(7-5-16)13(9-18)11-8-10(14)2-3-12(11)15/h2-3,8,13,18H,4-7,9H2,1H3. The van der Waals surface area contributed by atoms with Gasteiger partial charge < -0.3 is 10.0 Å². The van der Waals surface area contributed by atoms with Crippen molar-refractivity contribution < 1.29 is 13.9 Å². The van der Waals surface area contributed by atoms with Gasteiger partial charge in [-0.05, 0) is 25.2 Å². The topological polar surface area (TPSA) is 26.7 Å². The lowest BCUT2D eigenvalue weighted by atomic mass is 10.0. The lowest BCUT2D eigenvalue weighted by Crippen LogP contribution is -2.46. The zero-order chi connectivity index (χ0) is 13.1. The molecule has 1 aliphatic heterocycles. The van der Waals surface area contributed by atoms with Crippen LogP contribution in [0.4, 0.5) is 8.78 Å². The van der Waals surface area contributed by atoms with Crippen molar-refractivity contribution in [3.05, 3.63) is 35.4 Å². The van der Waals surface area contributed by atoms with Gasteiger partial charge in [-0.3, -0.25) is 4.90 Å². The van der Waals surface area contributed by atoms with Crippen LogP contribution in [0.25, 0.3) is 0 Å². The smallest absolute Gasteiger partial charge is 0.128 e. The lowest BCUT2D eigenvalue weighted by molar-refractivity contribution is 0.0728. The summed E-state index contributed by atoms with van der Waals surface area (Å²) in [6.45, 7) is 3.03. The number of hydrogen-bond donors (Lipinski definition) is 1. The van der Waals surface area contributed by atoms with E-state index in [0.29, 0.717) is 0 Å². The van der Waals surface area contributed by atoms with Crippen LogP contribution >= 0.6 is 0 Å². The van der Waals surface area contributed by atoms with E-state index in [4.69, 9.17) is 0 Å². The molecular formula is C13H18F2N2O. The van der Waals surface area contributed by atoms with Gasteiger partial charge in [0.05, 0.1) is 12.6 Å². The van der Waals surface area contributed by atoms with E-state index in [9.17, 15) is 13.9 Å². The normalized spacial score (nSPS) is 20.0. The fraction of sp³-hybridized carbons (Fsp3) is 0.538. The minimum Gasteiger partial charge on any atom is -0.394 e. The molecule has 0 radical (unpaired) electrons. The molecular weight excluding hydrogens is 238 g/mol. The lowest BCUT2D eigenvalue weighted by Gasteiger charge is -2.37. The highest BCUT2D eigenvalue weighted by atomic mass is 19.1. The van der Waals surface area contributed by atoms with Gasteiger partial charge in [0.2, 0.25) is 0 Å². The van der Waals surface area contributed by atoms with Crippen LogP contribution in [0.15, 0.2) is 18.2 Å². The summed E-state index contributed by atoms with van der Waals surface area (Å²) in [5.74, 6) is -0.937. The molecule has 1 unspecified atom stereocenters. The van der Waals surface area contributed by atoms with Crippen molar-refractivity contribution in [2.24, 2.45) is 0 Å². The Morgan fingerprint density at radius 1 is 1.22 bits per heavy atom. The summed E-state index contributed by atoms with van der Waals surface area (Å²) in [6, 6.07) is 2.92. The van der Waals surface area contributed by atoms with Gasteiger partial charge in [0.1, 0.15) is 11.6 Å².